The van der Waals surface area contributed by atoms with E-state index in [4.69, 9.17) is 0 Å². The first-order valence-electron chi connectivity index (χ1n) is 9.99. The Balaban J connectivity index is 1.53. The van der Waals surface area contributed by atoms with Crippen molar-refractivity contribution >= 4 is 17.9 Å². The second kappa shape index (κ2) is 9.02. The molecule has 4 nitrogen and oxygen atoms in total. The summed E-state index contributed by atoms with van der Waals surface area (Å²) < 4.78 is 0. The lowest BCUT2D eigenvalue weighted by atomic mass is 9.96. The Morgan fingerprint density at radius 1 is 0.962 bits per heavy atom. The molecule has 2 saturated carbocycles. The third kappa shape index (κ3) is 5.45. The van der Waals surface area contributed by atoms with Crippen molar-refractivity contribution in [2.45, 2.75) is 69.9 Å². The summed E-state index contributed by atoms with van der Waals surface area (Å²) >= 11 is 0. The molecule has 0 unspecified atom stereocenters. The van der Waals surface area contributed by atoms with Gasteiger partial charge >= 0.3 is 0 Å². The van der Waals surface area contributed by atoms with E-state index in [1.807, 2.05) is 42.3 Å². The quantitative estimate of drug-likeness (QED) is 0.807. The van der Waals surface area contributed by atoms with Crippen LogP contribution in [0.2, 0.25) is 0 Å². The first-order chi connectivity index (χ1) is 12.6. The standard InChI is InChI=1S/C22H30N2O2/c1-24(20-7-5-3-2-4-6-8-20)21(25)16-11-17-9-12-18(13-10-17)22(26)23-19-14-15-19/h9-13,16,19-20H,2-8,14-15H2,1H3,(H,23,26)/b16-11+. The van der Waals surface area contributed by atoms with E-state index in [2.05, 4.69) is 5.32 Å². The smallest absolute Gasteiger partial charge is 0.251 e. The van der Waals surface area contributed by atoms with Crippen LogP contribution in [0.5, 0.6) is 0 Å². The molecule has 0 aromatic heterocycles. The third-order valence-corrected chi connectivity index (χ3v) is 5.47. The summed E-state index contributed by atoms with van der Waals surface area (Å²) in [6.45, 7) is 0. The SMILES string of the molecule is CN(C(=O)/C=C/c1ccc(C(=O)NC2CC2)cc1)C1CCCCCCC1. The van der Waals surface area contributed by atoms with E-state index in [1.165, 1.54) is 32.1 Å². The first kappa shape index (κ1) is 18.7. The molecule has 0 aliphatic heterocycles. The van der Waals surface area contributed by atoms with Crippen LogP contribution in [0, 0.1) is 0 Å². The Morgan fingerprint density at radius 3 is 2.19 bits per heavy atom. The normalized spacial score (nSPS) is 19.0. The molecule has 1 aromatic carbocycles. The molecule has 0 bridgehead atoms. The maximum atomic E-state index is 12.5. The number of hydrogen-bond acceptors (Lipinski definition) is 2. The van der Waals surface area contributed by atoms with Gasteiger partial charge in [-0.25, -0.2) is 0 Å². The maximum Gasteiger partial charge on any atom is 0.251 e. The molecule has 0 spiro atoms. The molecule has 3 rings (SSSR count). The zero-order valence-corrected chi connectivity index (χ0v) is 15.7. The number of benzene rings is 1. The minimum absolute atomic E-state index is 0.0110. The predicted octanol–water partition coefficient (Wildman–Crippen LogP) is 4.16. The molecule has 0 atom stereocenters. The average molecular weight is 354 g/mol. The molecule has 4 heteroatoms. The molecule has 26 heavy (non-hydrogen) atoms. The van der Waals surface area contributed by atoms with Gasteiger partial charge in [-0.15, -0.1) is 0 Å². The fourth-order valence-electron chi connectivity index (χ4n) is 3.53. The highest BCUT2D eigenvalue weighted by molar-refractivity contribution is 5.95. The van der Waals surface area contributed by atoms with Gasteiger partial charge in [0.05, 0.1) is 0 Å². The van der Waals surface area contributed by atoms with Gasteiger partial charge in [0.15, 0.2) is 0 Å². The number of nitrogens with zero attached hydrogens (tertiary/aromatic N) is 1. The number of nitrogens with one attached hydrogen (secondary N) is 1. The molecule has 0 heterocycles. The van der Waals surface area contributed by atoms with Crippen molar-refractivity contribution in [2.24, 2.45) is 0 Å². The van der Waals surface area contributed by atoms with Gasteiger partial charge in [0, 0.05) is 30.8 Å². The molecular weight excluding hydrogens is 324 g/mol. The van der Waals surface area contributed by atoms with E-state index in [1.54, 1.807) is 6.08 Å². The third-order valence-electron chi connectivity index (χ3n) is 5.47. The van der Waals surface area contributed by atoms with Crippen molar-refractivity contribution in [3.63, 3.8) is 0 Å². The van der Waals surface area contributed by atoms with E-state index in [0.29, 0.717) is 17.6 Å². The van der Waals surface area contributed by atoms with E-state index < -0.39 is 0 Å². The highest BCUT2D eigenvalue weighted by atomic mass is 16.2. The van der Waals surface area contributed by atoms with Crippen LogP contribution >= 0.6 is 0 Å². The van der Waals surface area contributed by atoms with Crippen LogP contribution < -0.4 is 5.32 Å². The Bertz CT molecular complexity index is 639. The largest absolute Gasteiger partial charge is 0.349 e. The summed E-state index contributed by atoms with van der Waals surface area (Å²) in [7, 11) is 1.92. The highest BCUT2D eigenvalue weighted by Gasteiger charge is 2.23. The Labute approximate surface area is 156 Å². The van der Waals surface area contributed by atoms with Crippen LogP contribution in [0.25, 0.3) is 6.08 Å². The molecule has 2 amide bonds. The van der Waals surface area contributed by atoms with Crippen LogP contribution in [0.4, 0.5) is 0 Å². The van der Waals surface area contributed by atoms with Crippen LogP contribution in [0.1, 0.15) is 73.7 Å². The molecule has 140 valence electrons. The summed E-state index contributed by atoms with van der Waals surface area (Å²) in [6.07, 6.45) is 14.2. The summed E-state index contributed by atoms with van der Waals surface area (Å²) in [5.41, 5.74) is 1.61. The zero-order valence-electron chi connectivity index (χ0n) is 15.7. The van der Waals surface area contributed by atoms with Gasteiger partial charge in [-0.1, -0.05) is 44.2 Å². The number of likely N-dealkylation sites (N-methyl/N-ethyl adjacent to an activating group) is 1. The van der Waals surface area contributed by atoms with E-state index in [0.717, 1.165) is 31.2 Å². The number of hydrogen-bond donors (Lipinski definition) is 1. The topological polar surface area (TPSA) is 49.4 Å². The molecule has 2 aliphatic carbocycles. The van der Waals surface area contributed by atoms with Crippen LogP contribution in [0.15, 0.2) is 30.3 Å². The van der Waals surface area contributed by atoms with Crippen molar-refractivity contribution < 1.29 is 9.59 Å². The highest BCUT2D eigenvalue weighted by Crippen LogP contribution is 2.21. The van der Waals surface area contributed by atoms with Crippen molar-refractivity contribution in [1.29, 1.82) is 0 Å². The van der Waals surface area contributed by atoms with Gasteiger partial charge < -0.3 is 10.2 Å². The molecule has 2 aliphatic rings. The van der Waals surface area contributed by atoms with Gasteiger partial charge in [-0.05, 0) is 49.5 Å². The summed E-state index contributed by atoms with van der Waals surface area (Å²) in [5, 5.41) is 2.98. The molecule has 0 saturated heterocycles. The van der Waals surface area contributed by atoms with Gasteiger partial charge in [0.25, 0.3) is 5.91 Å². The van der Waals surface area contributed by atoms with Crippen molar-refractivity contribution in [3.05, 3.63) is 41.5 Å². The lowest BCUT2D eigenvalue weighted by Crippen LogP contribution is -2.36. The number of rotatable bonds is 5. The zero-order chi connectivity index (χ0) is 18.4. The van der Waals surface area contributed by atoms with Gasteiger partial charge in [-0.2, -0.15) is 0 Å². The summed E-state index contributed by atoms with van der Waals surface area (Å²) in [5.74, 6) is 0.0502. The molecule has 1 N–H and O–H groups in total. The lowest BCUT2D eigenvalue weighted by molar-refractivity contribution is -0.127. The van der Waals surface area contributed by atoms with E-state index in [-0.39, 0.29) is 11.8 Å². The van der Waals surface area contributed by atoms with Crippen molar-refractivity contribution in [1.82, 2.24) is 10.2 Å². The predicted molar refractivity (Wildman–Crippen MR) is 105 cm³/mol. The van der Waals surface area contributed by atoms with Crippen molar-refractivity contribution in [2.75, 3.05) is 7.05 Å². The molecule has 2 fully saturated rings. The van der Waals surface area contributed by atoms with Gasteiger partial charge in [0.2, 0.25) is 5.91 Å². The Morgan fingerprint density at radius 2 is 1.58 bits per heavy atom. The minimum atomic E-state index is -0.0110. The van der Waals surface area contributed by atoms with Gasteiger partial charge in [-0.3, -0.25) is 9.59 Å². The second-order valence-corrected chi connectivity index (χ2v) is 7.65. The monoisotopic (exact) mass is 354 g/mol. The molecule has 1 aromatic rings. The van der Waals surface area contributed by atoms with Crippen LogP contribution in [0.3, 0.4) is 0 Å². The summed E-state index contributed by atoms with van der Waals surface area (Å²) in [4.78, 5) is 26.4. The Kier molecular flexibility index (Phi) is 6.48. The minimum Gasteiger partial charge on any atom is -0.349 e. The van der Waals surface area contributed by atoms with E-state index >= 15 is 0 Å². The van der Waals surface area contributed by atoms with Crippen LogP contribution in [-0.4, -0.2) is 35.8 Å². The van der Waals surface area contributed by atoms with Crippen LogP contribution in [-0.2, 0) is 4.79 Å². The summed E-state index contributed by atoms with van der Waals surface area (Å²) in [6, 6.07) is 8.15. The maximum absolute atomic E-state index is 12.5. The molecule has 0 radical (unpaired) electrons. The fourth-order valence-corrected chi connectivity index (χ4v) is 3.53. The number of carbonyl (C=O) groups is 2. The van der Waals surface area contributed by atoms with Gasteiger partial charge in [0.1, 0.15) is 0 Å². The average Bonchev–Trinajstić information content (AvgIpc) is 3.43. The van der Waals surface area contributed by atoms with Crippen molar-refractivity contribution in [3.8, 4) is 0 Å². The molecular formula is C22H30N2O2. The first-order valence-corrected chi connectivity index (χ1v) is 9.99. The number of amides is 2. The second-order valence-electron chi connectivity index (χ2n) is 7.65. The lowest BCUT2D eigenvalue weighted by Gasteiger charge is -2.29. The fraction of sp³-hybridized carbons (Fsp3) is 0.545. The number of carbonyl (C=O) groups excluding carboxylic acids is 2. The Hall–Kier alpha value is -2.10. The van der Waals surface area contributed by atoms with E-state index in [9.17, 15) is 9.59 Å².